The number of likely N-dealkylation sites (N-methyl/N-ethyl adjacent to an activating group) is 1. The number of carbonyl (C=O) groups is 1. The zero-order valence-electron chi connectivity index (χ0n) is 17.7. The molecule has 32 heavy (non-hydrogen) atoms. The van der Waals surface area contributed by atoms with E-state index in [1.807, 2.05) is 48.6 Å². The van der Waals surface area contributed by atoms with Crippen molar-refractivity contribution in [3.05, 3.63) is 82.9 Å². The normalized spacial score (nSPS) is 28.0. The third-order valence-corrected chi connectivity index (χ3v) is 7.41. The maximum Gasteiger partial charge on any atom is 0.242 e. The Kier molecular flexibility index (Phi) is 4.47. The second-order valence-corrected chi connectivity index (χ2v) is 8.88. The van der Waals surface area contributed by atoms with Gasteiger partial charge in [-0.2, -0.15) is 5.26 Å². The van der Waals surface area contributed by atoms with Crippen molar-refractivity contribution in [1.82, 2.24) is 10.2 Å². The Morgan fingerprint density at radius 3 is 2.94 bits per heavy atom. The van der Waals surface area contributed by atoms with E-state index in [4.69, 9.17) is 15.4 Å². The smallest absolute Gasteiger partial charge is 0.242 e. The fourth-order valence-electron chi connectivity index (χ4n) is 5.47. The Hall–Kier alpha value is -3.50. The molecule has 7 heteroatoms. The molecule has 2 aliphatic carbocycles. The summed E-state index contributed by atoms with van der Waals surface area (Å²) in [7, 11) is 3.28. The van der Waals surface area contributed by atoms with Gasteiger partial charge >= 0.3 is 0 Å². The highest BCUT2D eigenvalue weighted by Crippen LogP contribution is 2.71. The Morgan fingerprint density at radius 2 is 2.19 bits per heavy atom. The molecule has 0 radical (unpaired) electrons. The number of guanidine groups is 1. The van der Waals surface area contributed by atoms with Gasteiger partial charge in [0.15, 0.2) is 5.96 Å². The molecule has 2 N–H and O–H groups in total. The van der Waals surface area contributed by atoms with Gasteiger partial charge in [-0.25, -0.2) is 0 Å². The fraction of sp³-hybridized carbons (Fsp3) is 0.240. The van der Waals surface area contributed by atoms with E-state index in [0.29, 0.717) is 10.5 Å². The molecule has 1 spiro atoms. The van der Waals surface area contributed by atoms with Crippen LogP contribution in [0.1, 0.15) is 22.3 Å². The molecule has 5 rings (SSSR count). The van der Waals surface area contributed by atoms with Gasteiger partial charge < -0.3 is 10.1 Å². The SMILES string of the molecule is COc1ccc2c(c1)C[C@@H]1[C@]3(/C=C/C=C(\S)c4cccc(C#N)c4)NC(=N)N(C)C(=O)[C@]213. The molecule has 1 amide bonds. The molecule has 6 nitrogen and oxygen atoms in total. The third kappa shape index (κ3) is 2.53. The molecule has 1 saturated carbocycles. The van der Waals surface area contributed by atoms with Gasteiger partial charge in [-0.05, 0) is 53.5 Å². The van der Waals surface area contributed by atoms with E-state index in [2.05, 4.69) is 24.0 Å². The number of thiol groups is 1. The molecule has 2 aromatic rings. The molecule has 0 aromatic heterocycles. The number of rotatable bonds is 4. The maximum absolute atomic E-state index is 13.5. The number of carbonyl (C=O) groups excluding carboxylic acids is 1. The molecule has 3 atom stereocenters. The number of benzene rings is 2. The van der Waals surface area contributed by atoms with Crippen molar-refractivity contribution in [2.24, 2.45) is 5.92 Å². The second-order valence-electron chi connectivity index (χ2n) is 8.40. The number of amides is 1. The summed E-state index contributed by atoms with van der Waals surface area (Å²) in [6, 6.07) is 15.3. The zero-order chi connectivity index (χ0) is 22.7. The first-order valence-electron chi connectivity index (χ1n) is 10.3. The van der Waals surface area contributed by atoms with E-state index in [0.717, 1.165) is 28.9 Å². The van der Waals surface area contributed by atoms with Crippen molar-refractivity contribution in [3.63, 3.8) is 0 Å². The molecular weight excluding hydrogens is 420 g/mol. The lowest BCUT2D eigenvalue weighted by molar-refractivity contribution is -0.130. The minimum atomic E-state index is -0.726. The van der Waals surface area contributed by atoms with Gasteiger partial charge in [-0.3, -0.25) is 15.1 Å². The molecule has 0 unspecified atom stereocenters. The molecule has 1 heterocycles. The summed E-state index contributed by atoms with van der Waals surface area (Å²) in [4.78, 5) is 15.6. The largest absolute Gasteiger partial charge is 0.497 e. The number of nitriles is 1. The number of allylic oxidation sites excluding steroid dienone is 2. The summed E-state index contributed by atoms with van der Waals surface area (Å²) in [5.74, 6) is 0.843. The second kappa shape index (κ2) is 7.01. The topological polar surface area (TPSA) is 89.2 Å². The average molecular weight is 443 g/mol. The molecule has 3 aliphatic rings. The Balaban J connectivity index is 1.53. The molecule has 160 valence electrons. The minimum Gasteiger partial charge on any atom is -0.497 e. The third-order valence-electron chi connectivity index (χ3n) is 7.01. The van der Waals surface area contributed by atoms with Crippen LogP contribution in [0, 0.1) is 22.7 Å². The molecule has 2 aromatic carbocycles. The van der Waals surface area contributed by atoms with Crippen molar-refractivity contribution < 1.29 is 9.53 Å². The number of nitrogens with one attached hydrogen (secondary N) is 2. The Bertz CT molecular complexity index is 1280. The van der Waals surface area contributed by atoms with Gasteiger partial charge in [0.1, 0.15) is 11.2 Å². The molecule has 2 fully saturated rings. The van der Waals surface area contributed by atoms with E-state index in [1.165, 1.54) is 4.90 Å². The van der Waals surface area contributed by atoms with Crippen molar-refractivity contribution in [1.29, 1.82) is 10.7 Å². The maximum atomic E-state index is 13.5. The predicted octanol–water partition coefficient (Wildman–Crippen LogP) is 3.25. The van der Waals surface area contributed by atoms with Gasteiger partial charge in [0.25, 0.3) is 0 Å². The highest BCUT2D eigenvalue weighted by molar-refractivity contribution is 7.90. The van der Waals surface area contributed by atoms with Crippen LogP contribution in [-0.2, 0) is 16.6 Å². The van der Waals surface area contributed by atoms with Crippen LogP contribution in [0.25, 0.3) is 4.91 Å². The first-order chi connectivity index (χ1) is 15.4. The summed E-state index contributed by atoms with van der Waals surface area (Å²) in [5, 5.41) is 20.7. The average Bonchev–Trinajstić information content (AvgIpc) is 3.19. The lowest BCUT2D eigenvalue weighted by Crippen LogP contribution is -2.60. The molecule has 0 bridgehead atoms. The number of methoxy groups -OCH3 is 1. The number of ether oxygens (including phenoxy) is 1. The summed E-state index contributed by atoms with van der Waals surface area (Å²) in [5.41, 5.74) is 2.17. The lowest BCUT2D eigenvalue weighted by Gasteiger charge is -2.36. The van der Waals surface area contributed by atoms with Crippen LogP contribution in [0.5, 0.6) is 5.75 Å². The summed E-state index contributed by atoms with van der Waals surface area (Å²) in [6.07, 6.45) is 6.48. The van der Waals surface area contributed by atoms with Crippen molar-refractivity contribution >= 4 is 29.4 Å². The summed E-state index contributed by atoms with van der Waals surface area (Å²) in [6.45, 7) is 0. The molecular formula is C25H22N4O2S. The first-order valence-corrected chi connectivity index (χ1v) is 10.7. The first kappa shape index (κ1) is 20.4. The van der Waals surface area contributed by atoms with E-state index < -0.39 is 11.0 Å². The van der Waals surface area contributed by atoms with Crippen LogP contribution < -0.4 is 10.1 Å². The quantitative estimate of drug-likeness (QED) is 0.501. The summed E-state index contributed by atoms with van der Waals surface area (Å²) < 4.78 is 5.37. The zero-order valence-corrected chi connectivity index (χ0v) is 18.6. The van der Waals surface area contributed by atoms with Crippen molar-refractivity contribution in [3.8, 4) is 11.8 Å². The van der Waals surface area contributed by atoms with E-state index >= 15 is 0 Å². The highest BCUT2D eigenvalue weighted by Gasteiger charge is 2.85. The Labute approximate surface area is 192 Å². The standard InChI is InChI=1S/C25H22N4O2S/c1-29-22(30)25-19-9-8-18(31-2)12-17(19)13-21(25)24(25,28-23(29)27)10-4-7-20(32)16-6-3-5-15(11-16)14-26/h3-12,21,32H,13H2,1-2H3,(H2,27,28)/b10-4+,20-7-/t21-,24+,25+/m1/s1. The van der Waals surface area contributed by atoms with Gasteiger partial charge in [0.05, 0.1) is 24.3 Å². The number of nitrogens with zero attached hydrogens (tertiary/aromatic N) is 2. The van der Waals surface area contributed by atoms with E-state index in [1.54, 1.807) is 26.3 Å². The van der Waals surface area contributed by atoms with E-state index in [9.17, 15) is 4.79 Å². The van der Waals surface area contributed by atoms with Crippen LogP contribution in [-0.4, -0.2) is 36.5 Å². The van der Waals surface area contributed by atoms with E-state index in [-0.39, 0.29) is 17.8 Å². The van der Waals surface area contributed by atoms with Crippen LogP contribution in [0.2, 0.25) is 0 Å². The van der Waals surface area contributed by atoms with Crippen LogP contribution in [0.4, 0.5) is 0 Å². The number of fused-ring (bicyclic) bond motifs is 2. The van der Waals surface area contributed by atoms with Gasteiger partial charge in [0, 0.05) is 17.9 Å². The van der Waals surface area contributed by atoms with Gasteiger partial charge in [0.2, 0.25) is 5.91 Å². The van der Waals surface area contributed by atoms with Gasteiger partial charge in [-0.1, -0.05) is 30.4 Å². The van der Waals surface area contributed by atoms with Crippen molar-refractivity contribution in [2.45, 2.75) is 17.4 Å². The predicted molar refractivity (Wildman–Crippen MR) is 125 cm³/mol. The number of hydrogen-bond donors (Lipinski definition) is 3. The molecule has 1 aliphatic heterocycles. The van der Waals surface area contributed by atoms with Crippen LogP contribution in [0.15, 0.2) is 60.7 Å². The Morgan fingerprint density at radius 1 is 1.38 bits per heavy atom. The minimum absolute atomic E-state index is 0.0184. The fourth-order valence-corrected chi connectivity index (χ4v) is 5.69. The highest BCUT2D eigenvalue weighted by atomic mass is 32.1. The van der Waals surface area contributed by atoms with Gasteiger partial charge in [-0.15, -0.1) is 12.6 Å². The lowest BCUT2D eigenvalue weighted by atomic mass is 9.85. The molecule has 1 saturated heterocycles. The number of hydrogen-bond acceptors (Lipinski definition) is 5. The summed E-state index contributed by atoms with van der Waals surface area (Å²) >= 11 is 4.59. The van der Waals surface area contributed by atoms with Crippen molar-refractivity contribution in [2.75, 3.05) is 14.2 Å². The van der Waals surface area contributed by atoms with Crippen LogP contribution >= 0.6 is 12.6 Å². The monoisotopic (exact) mass is 442 g/mol. The van der Waals surface area contributed by atoms with Crippen LogP contribution in [0.3, 0.4) is 0 Å².